The van der Waals surface area contributed by atoms with Crippen LogP contribution < -0.4 is 4.74 Å². The predicted octanol–water partition coefficient (Wildman–Crippen LogP) is 3.69. The van der Waals surface area contributed by atoms with Crippen LogP contribution >= 0.6 is 0 Å². The molecule has 0 aliphatic rings. The Morgan fingerprint density at radius 1 is 1.11 bits per heavy atom. The van der Waals surface area contributed by atoms with E-state index in [9.17, 15) is 4.79 Å². The van der Waals surface area contributed by atoms with Crippen LogP contribution in [0.3, 0.4) is 0 Å². The smallest absolute Gasteiger partial charge is 0.153 e. The van der Waals surface area contributed by atoms with Crippen molar-refractivity contribution < 1.29 is 9.53 Å². The Labute approximate surface area is 107 Å². The van der Waals surface area contributed by atoms with Gasteiger partial charge in [0.25, 0.3) is 0 Å². The molecule has 2 aromatic carbocycles. The molecule has 0 heterocycles. The lowest BCUT2D eigenvalue weighted by Crippen LogP contribution is -2.00. The minimum absolute atomic E-state index is 0.483. The quantitative estimate of drug-likeness (QED) is 0.762. The second-order valence-electron chi connectivity index (χ2n) is 4.37. The van der Waals surface area contributed by atoms with Gasteiger partial charge in [0, 0.05) is 0 Å². The van der Waals surface area contributed by atoms with Crippen molar-refractivity contribution in [2.45, 2.75) is 20.5 Å². The van der Waals surface area contributed by atoms with E-state index in [0.29, 0.717) is 17.9 Å². The van der Waals surface area contributed by atoms with Gasteiger partial charge < -0.3 is 4.74 Å². The Kier molecular flexibility index (Phi) is 3.78. The van der Waals surface area contributed by atoms with Crippen molar-refractivity contribution in [2.24, 2.45) is 0 Å². The highest BCUT2D eigenvalue weighted by atomic mass is 16.5. The van der Waals surface area contributed by atoms with E-state index in [-0.39, 0.29) is 0 Å². The summed E-state index contributed by atoms with van der Waals surface area (Å²) in [6, 6.07) is 13.7. The Morgan fingerprint density at radius 3 is 2.61 bits per heavy atom. The lowest BCUT2D eigenvalue weighted by Gasteiger charge is -2.10. The SMILES string of the molecule is Cc1ccc(OCc2ccccc2C)c(C=O)c1. The first-order chi connectivity index (χ1) is 8.70. The zero-order chi connectivity index (χ0) is 13.0. The van der Waals surface area contributed by atoms with Gasteiger partial charge in [-0.2, -0.15) is 0 Å². The molecule has 2 rings (SSSR count). The van der Waals surface area contributed by atoms with E-state index >= 15 is 0 Å². The zero-order valence-corrected chi connectivity index (χ0v) is 10.6. The number of carbonyl (C=O) groups is 1. The highest BCUT2D eigenvalue weighted by molar-refractivity contribution is 5.79. The van der Waals surface area contributed by atoms with Gasteiger partial charge in [0.05, 0.1) is 5.56 Å². The molecule has 0 bridgehead atoms. The summed E-state index contributed by atoms with van der Waals surface area (Å²) < 4.78 is 5.72. The monoisotopic (exact) mass is 240 g/mol. The minimum Gasteiger partial charge on any atom is -0.488 e. The first-order valence-electron chi connectivity index (χ1n) is 5.94. The van der Waals surface area contributed by atoms with Gasteiger partial charge in [-0.05, 0) is 37.1 Å². The van der Waals surface area contributed by atoms with Crippen LogP contribution in [0.15, 0.2) is 42.5 Å². The molecule has 0 amide bonds. The Morgan fingerprint density at radius 2 is 1.89 bits per heavy atom. The number of ether oxygens (including phenoxy) is 1. The third kappa shape index (κ3) is 2.77. The average molecular weight is 240 g/mol. The molecule has 0 saturated heterocycles. The van der Waals surface area contributed by atoms with E-state index in [1.165, 1.54) is 5.56 Å². The summed E-state index contributed by atoms with van der Waals surface area (Å²) in [5.74, 6) is 0.638. The fraction of sp³-hybridized carbons (Fsp3) is 0.188. The van der Waals surface area contributed by atoms with E-state index in [2.05, 4.69) is 13.0 Å². The maximum Gasteiger partial charge on any atom is 0.153 e. The van der Waals surface area contributed by atoms with Crippen LogP contribution in [0.1, 0.15) is 27.0 Å². The second-order valence-corrected chi connectivity index (χ2v) is 4.37. The summed E-state index contributed by atoms with van der Waals surface area (Å²) in [6.45, 7) is 4.49. The van der Waals surface area contributed by atoms with Gasteiger partial charge in [-0.1, -0.05) is 35.9 Å². The standard InChI is InChI=1S/C16H16O2/c1-12-7-8-16(15(9-12)10-17)18-11-14-6-4-3-5-13(14)2/h3-10H,11H2,1-2H3. The molecule has 0 fully saturated rings. The molecule has 2 heteroatoms. The molecule has 0 aliphatic carbocycles. The number of hydrogen-bond donors (Lipinski definition) is 0. The van der Waals surface area contributed by atoms with Crippen LogP contribution in [0.5, 0.6) is 5.75 Å². The molecule has 92 valence electrons. The zero-order valence-electron chi connectivity index (χ0n) is 10.6. The maximum absolute atomic E-state index is 11.0. The van der Waals surface area contributed by atoms with Crippen molar-refractivity contribution in [3.05, 3.63) is 64.7 Å². The Hall–Kier alpha value is -2.09. The molecule has 2 aromatic rings. The molecule has 0 unspecified atom stereocenters. The van der Waals surface area contributed by atoms with Gasteiger partial charge in [0.15, 0.2) is 6.29 Å². The third-order valence-electron chi connectivity index (χ3n) is 2.94. The van der Waals surface area contributed by atoms with Gasteiger partial charge in [-0.3, -0.25) is 4.79 Å². The van der Waals surface area contributed by atoms with Crippen LogP contribution in [0, 0.1) is 13.8 Å². The second kappa shape index (κ2) is 5.50. The topological polar surface area (TPSA) is 26.3 Å². The average Bonchev–Trinajstić information content (AvgIpc) is 2.39. The van der Waals surface area contributed by atoms with E-state index in [0.717, 1.165) is 17.4 Å². The van der Waals surface area contributed by atoms with Crippen LogP contribution in [-0.4, -0.2) is 6.29 Å². The highest BCUT2D eigenvalue weighted by Crippen LogP contribution is 2.20. The van der Waals surface area contributed by atoms with Crippen LogP contribution in [0.2, 0.25) is 0 Å². The van der Waals surface area contributed by atoms with Crippen molar-refractivity contribution in [2.75, 3.05) is 0 Å². The van der Waals surface area contributed by atoms with Gasteiger partial charge in [0.2, 0.25) is 0 Å². The fourth-order valence-electron chi connectivity index (χ4n) is 1.82. The molecule has 0 atom stereocenters. The van der Waals surface area contributed by atoms with Crippen LogP contribution in [0.25, 0.3) is 0 Å². The molecule has 0 spiro atoms. The number of rotatable bonds is 4. The summed E-state index contributed by atoms with van der Waals surface area (Å²) in [7, 11) is 0. The van der Waals surface area contributed by atoms with E-state index < -0.39 is 0 Å². The van der Waals surface area contributed by atoms with Gasteiger partial charge in [-0.25, -0.2) is 0 Å². The fourth-order valence-corrected chi connectivity index (χ4v) is 1.82. The number of carbonyl (C=O) groups excluding carboxylic acids is 1. The van der Waals surface area contributed by atoms with Crippen molar-refractivity contribution >= 4 is 6.29 Å². The largest absolute Gasteiger partial charge is 0.488 e. The van der Waals surface area contributed by atoms with Crippen molar-refractivity contribution in [3.8, 4) is 5.75 Å². The first-order valence-corrected chi connectivity index (χ1v) is 5.94. The van der Waals surface area contributed by atoms with Crippen LogP contribution in [0.4, 0.5) is 0 Å². The minimum atomic E-state index is 0.483. The molecule has 0 aromatic heterocycles. The van der Waals surface area contributed by atoms with Gasteiger partial charge in [0.1, 0.15) is 12.4 Å². The summed E-state index contributed by atoms with van der Waals surface area (Å²) >= 11 is 0. The van der Waals surface area contributed by atoms with Crippen molar-refractivity contribution in [3.63, 3.8) is 0 Å². The Balaban J connectivity index is 2.16. The molecular weight excluding hydrogens is 224 g/mol. The van der Waals surface area contributed by atoms with E-state index in [1.807, 2.05) is 43.3 Å². The maximum atomic E-state index is 11.0. The number of aldehydes is 1. The molecule has 2 nitrogen and oxygen atoms in total. The highest BCUT2D eigenvalue weighted by Gasteiger charge is 2.04. The summed E-state index contributed by atoms with van der Waals surface area (Å²) in [4.78, 5) is 11.0. The predicted molar refractivity (Wildman–Crippen MR) is 72.1 cm³/mol. The number of benzene rings is 2. The first kappa shape index (κ1) is 12.4. The molecule has 0 N–H and O–H groups in total. The summed E-state index contributed by atoms with van der Waals surface area (Å²) in [5.41, 5.74) is 3.98. The van der Waals surface area contributed by atoms with Crippen LogP contribution in [-0.2, 0) is 6.61 Å². The lowest BCUT2D eigenvalue weighted by molar-refractivity contribution is 0.111. The molecule has 18 heavy (non-hydrogen) atoms. The molecular formula is C16H16O2. The molecule has 0 aliphatic heterocycles. The Bertz CT molecular complexity index is 559. The number of hydrogen-bond acceptors (Lipinski definition) is 2. The summed E-state index contributed by atoms with van der Waals surface area (Å²) in [5, 5.41) is 0. The van der Waals surface area contributed by atoms with Gasteiger partial charge in [-0.15, -0.1) is 0 Å². The van der Waals surface area contributed by atoms with E-state index in [4.69, 9.17) is 4.74 Å². The normalized spacial score (nSPS) is 10.1. The summed E-state index contributed by atoms with van der Waals surface area (Å²) in [6.07, 6.45) is 0.834. The van der Waals surface area contributed by atoms with Crippen molar-refractivity contribution in [1.29, 1.82) is 0 Å². The molecule has 0 saturated carbocycles. The van der Waals surface area contributed by atoms with Gasteiger partial charge >= 0.3 is 0 Å². The van der Waals surface area contributed by atoms with Crippen molar-refractivity contribution in [1.82, 2.24) is 0 Å². The molecule has 0 radical (unpaired) electrons. The third-order valence-corrected chi connectivity index (χ3v) is 2.94. The van der Waals surface area contributed by atoms with E-state index in [1.54, 1.807) is 0 Å². The number of aryl methyl sites for hydroxylation is 2. The lowest BCUT2D eigenvalue weighted by atomic mass is 10.1.